The third-order valence-electron chi connectivity index (χ3n) is 3.59. The monoisotopic (exact) mass is 260 g/mol. The van der Waals surface area contributed by atoms with Crippen LogP contribution in [-0.4, -0.2) is 19.6 Å². The molecule has 2 aromatic rings. The van der Waals surface area contributed by atoms with E-state index in [4.69, 9.17) is 0 Å². The van der Waals surface area contributed by atoms with Crippen molar-refractivity contribution in [2.45, 2.75) is 65.2 Å². The first kappa shape index (κ1) is 14.0. The fourth-order valence-electron chi connectivity index (χ4n) is 2.41. The number of fused-ring (bicyclic) bond motifs is 1. The molecular weight excluding hydrogens is 236 g/mol. The second-order valence-corrected chi connectivity index (χ2v) is 5.09. The minimum Gasteiger partial charge on any atom is -0.216 e. The van der Waals surface area contributed by atoms with Gasteiger partial charge in [-0.1, -0.05) is 46.0 Å². The highest BCUT2D eigenvalue weighted by atomic mass is 15.3. The Hall–Kier alpha value is -1.45. The van der Waals surface area contributed by atoms with Crippen LogP contribution < -0.4 is 0 Å². The molecule has 0 aliphatic heterocycles. The van der Waals surface area contributed by atoms with E-state index in [9.17, 15) is 0 Å². The summed E-state index contributed by atoms with van der Waals surface area (Å²) in [5.41, 5.74) is 2.50. The number of hydrogen-bond acceptors (Lipinski definition) is 3. The molecule has 0 unspecified atom stereocenters. The number of unbranched alkanes of at least 4 members (excludes halogenated alkanes) is 5. The summed E-state index contributed by atoms with van der Waals surface area (Å²) in [4.78, 5) is 8.79. The molecule has 2 heterocycles. The van der Waals surface area contributed by atoms with Crippen molar-refractivity contribution in [3.63, 3.8) is 0 Å². The van der Waals surface area contributed by atoms with Crippen LogP contribution in [0.25, 0.3) is 5.78 Å². The zero-order chi connectivity index (χ0) is 13.5. The molecule has 2 rings (SSSR count). The van der Waals surface area contributed by atoms with Crippen molar-refractivity contribution in [3.05, 3.63) is 23.8 Å². The molecule has 104 valence electrons. The largest absolute Gasteiger partial charge is 0.252 e. The molecule has 0 aliphatic rings. The lowest BCUT2D eigenvalue weighted by Gasteiger charge is -2.07. The van der Waals surface area contributed by atoms with Crippen molar-refractivity contribution < 1.29 is 0 Å². The van der Waals surface area contributed by atoms with Crippen LogP contribution in [-0.2, 0) is 12.8 Å². The van der Waals surface area contributed by atoms with E-state index in [1.54, 1.807) is 10.8 Å². The Bertz CT molecular complexity index is 504. The SMILES string of the molecule is CCCCCCCCc1nc2ncnn2cc1CC. The molecular formula is C15H24N4. The summed E-state index contributed by atoms with van der Waals surface area (Å²) < 4.78 is 1.77. The summed E-state index contributed by atoms with van der Waals surface area (Å²) in [5, 5.41) is 4.14. The molecule has 0 spiro atoms. The maximum Gasteiger partial charge on any atom is 0.252 e. The normalized spacial score (nSPS) is 11.3. The van der Waals surface area contributed by atoms with Crippen LogP contribution in [0.4, 0.5) is 0 Å². The molecule has 0 aromatic carbocycles. The first-order valence-corrected chi connectivity index (χ1v) is 7.53. The Morgan fingerprint density at radius 3 is 2.63 bits per heavy atom. The van der Waals surface area contributed by atoms with Crippen LogP contribution in [0, 0.1) is 0 Å². The van der Waals surface area contributed by atoms with Crippen LogP contribution in [0.15, 0.2) is 12.5 Å². The number of aromatic nitrogens is 4. The molecule has 0 amide bonds. The van der Waals surface area contributed by atoms with Gasteiger partial charge in [-0.3, -0.25) is 0 Å². The third-order valence-corrected chi connectivity index (χ3v) is 3.59. The Morgan fingerprint density at radius 1 is 1.05 bits per heavy atom. The number of rotatable bonds is 8. The van der Waals surface area contributed by atoms with Crippen molar-refractivity contribution in [2.24, 2.45) is 0 Å². The predicted octanol–water partition coefficient (Wildman–Crippen LogP) is 3.59. The van der Waals surface area contributed by atoms with E-state index >= 15 is 0 Å². The zero-order valence-electron chi connectivity index (χ0n) is 12.1. The summed E-state index contributed by atoms with van der Waals surface area (Å²) in [6.07, 6.45) is 13.6. The van der Waals surface area contributed by atoms with E-state index in [0.717, 1.165) is 18.6 Å². The highest BCUT2D eigenvalue weighted by molar-refractivity contribution is 5.31. The van der Waals surface area contributed by atoms with Gasteiger partial charge < -0.3 is 0 Å². The van der Waals surface area contributed by atoms with E-state index in [1.165, 1.54) is 49.8 Å². The summed E-state index contributed by atoms with van der Waals surface area (Å²) in [7, 11) is 0. The standard InChI is InChI=1S/C15H24N4/c1-3-5-6-7-8-9-10-14-13(4-2)11-19-15(18-14)16-12-17-19/h11-12H,3-10H2,1-2H3. The average molecular weight is 260 g/mol. The van der Waals surface area contributed by atoms with Crippen molar-refractivity contribution in [2.75, 3.05) is 0 Å². The van der Waals surface area contributed by atoms with E-state index in [0.29, 0.717) is 0 Å². The molecule has 4 nitrogen and oxygen atoms in total. The van der Waals surface area contributed by atoms with Gasteiger partial charge in [-0.25, -0.2) is 9.50 Å². The predicted molar refractivity (Wildman–Crippen MR) is 77.2 cm³/mol. The van der Waals surface area contributed by atoms with Gasteiger partial charge in [0.25, 0.3) is 5.78 Å². The molecule has 0 bridgehead atoms. The summed E-state index contributed by atoms with van der Waals surface area (Å²) in [6.45, 7) is 4.43. The first-order valence-electron chi connectivity index (χ1n) is 7.53. The molecule has 0 radical (unpaired) electrons. The van der Waals surface area contributed by atoms with Gasteiger partial charge in [0.1, 0.15) is 6.33 Å². The second-order valence-electron chi connectivity index (χ2n) is 5.09. The fraction of sp³-hybridized carbons (Fsp3) is 0.667. The van der Waals surface area contributed by atoms with Gasteiger partial charge >= 0.3 is 0 Å². The van der Waals surface area contributed by atoms with Crippen molar-refractivity contribution in [3.8, 4) is 0 Å². The Labute approximate surface area is 115 Å². The third kappa shape index (κ3) is 3.75. The summed E-state index contributed by atoms with van der Waals surface area (Å²) in [5.74, 6) is 0.721. The van der Waals surface area contributed by atoms with E-state index in [-0.39, 0.29) is 0 Å². The van der Waals surface area contributed by atoms with Gasteiger partial charge in [0, 0.05) is 11.9 Å². The zero-order valence-corrected chi connectivity index (χ0v) is 12.1. The maximum absolute atomic E-state index is 4.63. The van der Waals surface area contributed by atoms with Crippen molar-refractivity contribution >= 4 is 5.78 Å². The van der Waals surface area contributed by atoms with E-state index in [2.05, 4.69) is 35.1 Å². The van der Waals surface area contributed by atoms with Crippen LogP contribution in [0.5, 0.6) is 0 Å². The molecule has 19 heavy (non-hydrogen) atoms. The molecule has 0 saturated carbocycles. The van der Waals surface area contributed by atoms with Gasteiger partial charge in [-0.15, -0.1) is 0 Å². The lowest BCUT2D eigenvalue weighted by molar-refractivity contribution is 0.603. The first-order chi connectivity index (χ1) is 9.35. The Kier molecular flexibility index (Phi) is 5.31. The smallest absolute Gasteiger partial charge is 0.216 e. The minimum absolute atomic E-state index is 0.721. The molecule has 0 fully saturated rings. The minimum atomic E-state index is 0.721. The molecule has 0 atom stereocenters. The topological polar surface area (TPSA) is 43.1 Å². The van der Waals surface area contributed by atoms with Gasteiger partial charge in [0.15, 0.2) is 0 Å². The van der Waals surface area contributed by atoms with Gasteiger partial charge in [-0.2, -0.15) is 10.1 Å². The summed E-state index contributed by atoms with van der Waals surface area (Å²) >= 11 is 0. The van der Waals surface area contributed by atoms with Crippen molar-refractivity contribution in [1.82, 2.24) is 19.6 Å². The highest BCUT2D eigenvalue weighted by Crippen LogP contribution is 2.13. The van der Waals surface area contributed by atoms with Crippen LogP contribution >= 0.6 is 0 Å². The maximum atomic E-state index is 4.63. The average Bonchev–Trinajstić information content (AvgIpc) is 2.88. The molecule has 2 aromatic heterocycles. The van der Waals surface area contributed by atoms with Crippen molar-refractivity contribution in [1.29, 1.82) is 0 Å². The Balaban J connectivity index is 1.91. The second kappa shape index (κ2) is 7.22. The van der Waals surface area contributed by atoms with Crippen LogP contribution in [0.1, 0.15) is 63.6 Å². The molecule has 0 aliphatic carbocycles. The Morgan fingerprint density at radius 2 is 1.84 bits per heavy atom. The van der Waals surface area contributed by atoms with Gasteiger partial charge in [-0.05, 0) is 24.8 Å². The molecule has 0 N–H and O–H groups in total. The number of nitrogens with zero attached hydrogens (tertiary/aromatic N) is 4. The number of aryl methyl sites for hydroxylation is 2. The number of hydrogen-bond donors (Lipinski definition) is 0. The van der Waals surface area contributed by atoms with Gasteiger partial charge in [0.2, 0.25) is 0 Å². The lowest BCUT2D eigenvalue weighted by atomic mass is 10.0. The quantitative estimate of drug-likeness (QED) is 0.681. The molecule has 0 saturated heterocycles. The highest BCUT2D eigenvalue weighted by Gasteiger charge is 2.06. The van der Waals surface area contributed by atoms with E-state index < -0.39 is 0 Å². The fourth-order valence-corrected chi connectivity index (χ4v) is 2.41. The van der Waals surface area contributed by atoms with Crippen LogP contribution in [0.2, 0.25) is 0 Å². The lowest BCUT2D eigenvalue weighted by Crippen LogP contribution is -2.03. The summed E-state index contributed by atoms with van der Waals surface area (Å²) in [6, 6.07) is 0. The van der Waals surface area contributed by atoms with Crippen LogP contribution in [0.3, 0.4) is 0 Å². The van der Waals surface area contributed by atoms with E-state index in [1.807, 2.05) is 0 Å². The van der Waals surface area contributed by atoms with Gasteiger partial charge in [0.05, 0.1) is 0 Å². The molecule has 4 heteroatoms.